The molecule has 0 saturated carbocycles. The van der Waals surface area contributed by atoms with Crippen molar-refractivity contribution < 1.29 is 80.2 Å². The molecule has 0 rings (SSSR count). The monoisotopic (exact) mass is 1430 g/mol. The number of rotatable bonds is 76. The average molecular weight is 1430 g/mol. The van der Waals surface area contributed by atoms with Crippen LogP contribution < -0.4 is 0 Å². The van der Waals surface area contributed by atoms with Crippen molar-refractivity contribution >= 4 is 39.5 Å². The molecule has 19 heteroatoms. The van der Waals surface area contributed by atoms with Crippen LogP contribution in [0.15, 0.2) is 48.6 Å². The van der Waals surface area contributed by atoms with Gasteiger partial charge in [-0.2, -0.15) is 0 Å². The van der Waals surface area contributed by atoms with E-state index in [0.717, 1.165) is 135 Å². The first-order valence-corrected chi connectivity index (χ1v) is 42.9. The number of carbonyl (C=O) groups is 4. The number of aliphatic hydroxyl groups excluding tert-OH is 1. The first kappa shape index (κ1) is 95.0. The maximum absolute atomic E-state index is 13.1. The van der Waals surface area contributed by atoms with Crippen molar-refractivity contribution in [1.82, 2.24) is 0 Å². The summed E-state index contributed by atoms with van der Waals surface area (Å²) in [6, 6.07) is 0. The number of hydrogen-bond donors (Lipinski definition) is 3. The molecule has 5 atom stereocenters. The summed E-state index contributed by atoms with van der Waals surface area (Å²) >= 11 is 0. The Morgan fingerprint density at radius 1 is 0.296 bits per heavy atom. The highest BCUT2D eigenvalue weighted by atomic mass is 31.2. The van der Waals surface area contributed by atoms with Crippen LogP contribution in [-0.4, -0.2) is 96.7 Å². The molecule has 0 radical (unpaired) electrons. The van der Waals surface area contributed by atoms with Crippen molar-refractivity contribution in [2.75, 3.05) is 39.6 Å². The van der Waals surface area contributed by atoms with Crippen molar-refractivity contribution in [2.45, 2.75) is 393 Å². The molecule has 0 amide bonds. The molecule has 3 N–H and O–H groups in total. The van der Waals surface area contributed by atoms with Gasteiger partial charge in [0.15, 0.2) is 12.2 Å². The third-order valence-electron chi connectivity index (χ3n) is 17.3. The molecule has 0 aromatic heterocycles. The maximum Gasteiger partial charge on any atom is 0.472 e. The van der Waals surface area contributed by atoms with E-state index in [1.807, 2.05) is 0 Å². The smallest absolute Gasteiger partial charge is 0.462 e. The SMILES string of the molecule is CC/C=C\C/C=C\C/C=C\CCCCCCCC(=O)OCC(COP(=O)(O)OCC(O)COP(=O)(O)OCC(COC(=O)CCCCCCCCCCCCCCCCC)OC(=O)CCCCCCC/C=C\CCCCCC)OC(=O)CCCCCCCCCCCCCCCCC. The van der Waals surface area contributed by atoms with Gasteiger partial charge in [-0.3, -0.25) is 37.3 Å². The lowest BCUT2D eigenvalue weighted by Gasteiger charge is -2.21. The van der Waals surface area contributed by atoms with E-state index in [2.05, 4.69) is 76.3 Å². The minimum atomic E-state index is -4.97. The highest BCUT2D eigenvalue weighted by Gasteiger charge is 2.30. The van der Waals surface area contributed by atoms with Gasteiger partial charge in [-0.05, 0) is 83.5 Å². The van der Waals surface area contributed by atoms with E-state index in [9.17, 15) is 43.2 Å². The Hall–Kier alpha value is -2.98. The van der Waals surface area contributed by atoms with E-state index >= 15 is 0 Å². The summed E-state index contributed by atoms with van der Waals surface area (Å²) in [4.78, 5) is 72.9. The molecule has 0 aliphatic carbocycles. The van der Waals surface area contributed by atoms with Gasteiger partial charge in [0.1, 0.15) is 19.3 Å². The quantitative estimate of drug-likeness (QED) is 0.0169. The zero-order valence-electron chi connectivity index (χ0n) is 62.7. The fraction of sp³-hybridized carbons (Fsp3) is 0.848. The van der Waals surface area contributed by atoms with Crippen LogP contribution in [-0.2, 0) is 65.4 Å². The second-order valence-electron chi connectivity index (χ2n) is 27.0. The molecule has 0 fully saturated rings. The average Bonchev–Trinajstić information content (AvgIpc) is 1.04. The molecular weight excluding hydrogens is 1280 g/mol. The molecule has 0 saturated heterocycles. The molecule has 0 aromatic rings. The standard InChI is InChI=1S/C79H146O17P2/c1-5-9-13-17-21-25-29-33-36-40-43-47-51-55-59-63-76(81)89-69-74(95-78(83)65-61-57-53-49-45-39-32-28-24-20-16-12-8-4)71-93-97(85,86)91-67-73(80)68-92-98(87,88)94-72-75(96-79(84)66-62-58-54-50-46-42-38-35-31-27-23-19-15-11-7-3)70-90-77(82)64-60-56-52-48-44-41-37-34-30-26-22-18-14-10-6-2/h10,14,22,26,28,32,34,37,73-75,80H,5-9,11-13,15-21,23-25,27,29-31,33,35-36,38-72H2,1-4H3,(H,85,86)(H,87,88)/b14-10-,26-22-,32-28-,37-34-. The summed E-state index contributed by atoms with van der Waals surface area (Å²) in [6.07, 6.45) is 69.4. The molecule has 0 aliphatic rings. The molecule has 0 spiro atoms. The molecule has 574 valence electrons. The highest BCUT2D eigenvalue weighted by molar-refractivity contribution is 7.47. The van der Waals surface area contributed by atoms with Crippen LogP contribution in [0.4, 0.5) is 0 Å². The van der Waals surface area contributed by atoms with Gasteiger partial charge in [0.05, 0.1) is 26.4 Å². The number of hydrogen-bond acceptors (Lipinski definition) is 15. The van der Waals surface area contributed by atoms with Crippen LogP contribution in [0.5, 0.6) is 0 Å². The zero-order chi connectivity index (χ0) is 71.8. The van der Waals surface area contributed by atoms with Crippen LogP contribution in [0.2, 0.25) is 0 Å². The molecule has 0 aromatic carbocycles. The van der Waals surface area contributed by atoms with Crippen LogP contribution >= 0.6 is 15.6 Å². The number of phosphoric ester groups is 2. The van der Waals surface area contributed by atoms with E-state index in [1.54, 1.807) is 0 Å². The Morgan fingerprint density at radius 2 is 0.531 bits per heavy atom. The van der Waals surface area contributed by atoms with Crippen molar-refractivity contribution in [1.29, 1.82) is 0 Å². The van der Waals surface area contributed by atoms with Gasteiger partial charge < -0.3 is 33.8 Å². The first-order valence-electron chi connectivity index (χ1n) is 39.9. The minimum absolute atomic E-state index is 0.0915. The van der Waals surface area contributed by atoms with Crippen LogP contribution in [0.1, 0.15) is 374 Å². The number of allylic oxidation sites excluding steroid dienone is 8. The number of carbonyl (C=O) groups excluding carboxylic acids is 4. The normalized spacial score (nSPS) is 14.2. The van der Waals surface area contributed by atoms with Gasteiger partial charge in [0.2, 0.25) is 0 Å². The van der Waals surface area contributed by atoms with Crippen molar-refractivity contribution in [3.8, 4) is 0 Å². The Morgan fingerprint density at radius 3 is 0.837 bits per heavy atom. The lowest BCUT2D eigenvalue weighted by molar-refractivity contribution is -0.161. The zero-order valence-corrected chi connectivity index (χ0v) is 64.5. The fourth-order valence-corrected chi connectivity index (χ4v) is 12.8. The predicted octanol–water partition coefficient (Wildman–Crippen LogP) is 22.9. The van der Waals surface area contributed by atoms with E-state index in [1.165, 1.54) is 161 Å². The summed E-state index contributed by atoms with van der Waals surface area (Å²) in [5, 5.41) is 10.6. The van der Waals surface area contributed by atoms with Crippen molar-refractivity contribution in [3.63, 3.8) is 0 Å². The molecular formula is C79H146O17P2. The molecule has 17 nitrogen and oxygen atoms in total. The molecule has 5 unspecified atom stereocenters. The lowest BCUT2D eigenvalue weighted by Crippen LogP contribution is -2.30. The van der Waals surface area contributed by atoms with Crippen LogP contribution in [0.25, 0.3) is 0 Å². The topological polar surface area (TPSA) is 237 Å². The van der Waals surface area contributed by atoms with E-state index in [0.29, 0.717) is 25.7 Å². The highest BCUT2D eigenvalue weighted by Crippen LogP contribution is 2.45. The number of esters is 4. The summed E-state index contributed by atoms with van der Waals surface area (Å²) in [7, 11) is -9.94. The summed E-state index contributed by atoms with van der Waals surface area (Å²) in [5.74, 6) is -2.16. The van der Waals surface area contributed by atoms with Crippen LogP contribution in [0.3, 0.4) is 0 Å². The number of phosphoric acid groups is 2. The maximum atomic E-state index is 13.1. The van der Waals surface area contributed by atoms with Crippen molar-refractivity contribution in [2.24, 2.45) is 0 Å². The molecule has 0 aliphatic heterocycles. The Kier molecular flexibility index (Phi) is 70.2. The van der Waals surface area contributed by atoms with Gasteiger partial charge in [0, 0.05) is 25.7 Å². The number of aliphatic hydroxyl groups is 1. The van der Waals surface area contributed by atoms with E-state index < -0.39 is 97.5 Å². The first-order chi connectivity index (χ1) is 47.7. The third kappa shape index (κ3) is 71.4. The van der Waals surface area contributed by atoms with Gasteiger partial charge in [-0.15, -0.1) is 0 Å². The minimum Gasteiger partial charge on any atom is -0.462 e. The summed E-state index contributed by atoms with van der Waals surface area (Å²) in [6.45, 7) is 4.81. The van der Waals surface area contributed by atoms with Crippen molar-refractivity contribution in [3.05, 3.63) is 48.6 Å². The second-order valence-corrected chi connectivity index (χ2v) is 29.9. The molecule has 0 heterocycles. The van der Waals surface area contributed by atoms with Gasteiger partial charge in [-0.1, -0.05) is 314 Å². The van der Waals surface area contributed by atoms with E-state index in [4.69, 9.17) is 37.0 Å². The third-order valence-corrected chi connectivity index (χ3v) is 19.2. The Bertz CT molecular complexity index is 2050. The Balaban J connectivity index is 5.31. The summed E-state index contributed by atoms with van der Waals surface area (Å²) in [5.41, 5.74) is 0. The number of ether oxygens (including phenoxy) is 4. The van der Waals surface area contributed by atoms with E-state index in [-0.39, 0.29) is 25.7 Å². The Labute approximate surface area is 597 Å². The van der Waals surface area contributed by atoms with Crippen LogP contribution in [0, 0.1) is 0 Å². The summed E-state index contributed by atoms with van der Waals surface area (Å²) < 4.78 is 68.6. The fourth-order valence-electron chi connectivity index (χ4n) is 11.2. The van der Waals surface area contributed by atoms with Gasteiger partial charge in [0.25, 0.3) is 0 Å². The van der Waals surface area contributed by atoms with Gasteiger partial charge >= 0.3 is 39.5 Å². The largest absolute Gasteiger partial charge is 0.472 e. The predicted molar refractivity (Wildman–Crippen MR) is 400 cm³/mol. The molecule has 0 bridgehead atoms. The lowest BCUT2D eigenvalue weighted by atomic mass is 10.0. The molecule has 98 heavy (non-hydrogen) atoms. The number of unbranched alkanes of at least 4 members (excludes halogenated alkanes) is 42. The van der Waals surface area contributed by atoms with Gasteiger partial charge in [-0.25, -0.2) is 9.13 Å². The second kappa shape index (κ2) is 72.4.